The number of esters is 1. The molecule has 1 atom stereocenters. The van der Waals surface area contributed by atoms with Gasteiger partial charge in [0.2, 0.25) is 0 Å². The average Bonchev–Trinajstić information content (AvgIpc) is 2.44. The largest absolute Gasteiger partial charge is 0.459 e. The second-order valence-electron chi connectivity index (χ2n) is 8.78. The molecule has 0 spiro atoms. The van der Waals surface area contributed by atoms with Crippen LogP contribution >= 0.6 is 0 Å². The number of aliphatic hydroxyl groups excluding tert-OH is 2. The predicted octanol–water partition coefficient (Wildman–Crippen LogP) is 3.38. The highest BCUT2D eigenvalue weighted by atomic mass is 28.5. The van der Waals surface area contributed by atoms with E-state index in [0.717, 1.165) is 18.9 Å². The summed E-state index contributed by atoms with van der Waals surface area (Å²) in [4.78, 5) is 11.8. The molecule has 2 N–H and O–H groups in total. The van der Waals surface area contributed by atoms with Gasteiger partial charge in [0.05, 0.1) is 6.61 Å². The fourth-order valence-corrected chi connectivity index (χ4v) is 15.1. The molecule has 1 unspecified atom stereocenters. The van der Waals surface area contributed by atoms with E-state index in [2.05, 4.69) is 45.8 Å². The Morgan fingerprint density at radius 1 is 1.04 bits per heavy atom. The Morgan fingerprint density at radius 2 is 1.54 bits per heavy atom. The molecular weight excluding hydrogens is 384 g/mol. The van der Waals surface area contributed by atoms with Crippen LogP contribution in [0.1, 0.15) is 19.8 Å². The summed E-state index contributed by atoms with van der Waals surface area (Å²) in [6.07, 6.45) is 2.46. The Hall–Kier alpha value is -0.299. The van der Waals surface area contributed by atoms with Gasteiger partial charge in [0.1, 0.15) is 12.7 Å². The van der Waals surface area contributed by atoms with Gasteiger partial charge in [-0.15, -0.1) is 0 Å². The highest BCUT2D eigenvalue weighted by Crippen LogP contribution is 2.26. The van der Waals surface area contributed by atoms with Gasteiger partial charge in [-0.25, -0.2) is 4.79 Å². The van der Waals surface area contributed by atoms with Crippen LogP contribution in [0.5, 0.6) is 0 Å². The molecule has 0 radical (unpaired) electrons. The van der Waals surface area contributed by atoms with E-state index in [1.165, 1.54) is 0 Å². The summed E-state index contributed by atoms with van der Waals surface area (Å²) in [7, 11) is -5.62. The first-order valence-electron chi connectivity index (χ1n) is 9.20. The molecule has 0 amide bonds. The van der Waals surface area contributed by atoms with Crippen molar-refractivity contribution in [2.45, 2.75) is 77.7 Å². The minimum atomic E-state index is -2.24. The molecule has 0 heterocycles. The Bertz CT molecular complexity index is 452. The van der Waals surface area contributed by atoms with E-state index in [4.69, 9.17) is 18.1 Å². The Kier molecular flexibility index (Phi) is 10.8. The molecule has 0 aliphatic heterocycles. The lowest BCUT2D eigenvalue weighted by Crippen LogP contribution is -2.52. The summed E-state index contributed by atoms with van der Waals surface area (Å²) in [5.41, 5.74) is 0.510. The van der Waals surface area contributed by atoms with Crippen molar-refractivity contribution in [3.63, 3.8) is 0 Å². The summed E-state index contributed by atoms with van der Waals surface area (Å²) >= 11 is 0. The van der Waals surface area contributed by atoms with Gasteiger partial charge >= 0.3 is 14.5 Å². The normalized spacial score (nSPS) is 15.1. The zero-order chi connectivity index (χ0) is 20.6. The van der Waals surface area contributed by atoms with Crippen LogP contribution in [0.15, 0.2) is 11.6 Å². The Balaban J connectivity index is 4.63. The van der Waals surface area contributed by atoms with E-state index in [0.29, 0.717) is 5.57 Å². The van der Waals surface area contributed by atoms with E-state index >= 15 is 0 Å². The van der Waals surface area contributed by atoms with Crippen molar-refractivity contribution in [1.29, 1.82) is 0 Å². The van der Waals surface area contributed by atoms with Gasteiger partial charge in [0.25, 0.3) is 0 Å². The quantitative estimate of drug-likeness (QED) is 0.217. The average molecular weight is 423 g/mol. The van der Waals surface area contributed by atoms with E-state index in [1.807, 2.05) is 6.08 Å². The molecular formula is C17H38O6Si3. The van der Waals surface area contributed by atoms with E-state index in [-0.39, 0.29) is 6.61 Å². The van der Waals surface area contributed by atoms with Crippen LogP contribution in [0.3, 0.4) is 0 Å². The number of unbranched alkanes of at least 4 members (excludes halogenated alkanes) is 1. The van der Waals surface area contributed by atoms with Crippen LogP contribution in [-0.4, -0.2) is 60.7 Å². The van der Waals surface area contributed by atoms with Crippen LogP contribution in [-0.2, 0) is 17.8 Å². The number of ether oxygens (including phenoxy) is 1. The van der Waals surface area contributed by atoms with Crippen LogP contribution < -0.4 is 0 Å². The van der Waals surface area contributed by atoms with Crippen molar-refractivity contribution in [2.75, 3.05) is 13.2 Å². The zero-order valence-electron chi connectivity index (χ0n) is 17.7. The molecule has 6 nitrogen and oxygen atoms in total. The van der Waals surface area contributed by atoms with Crippen LogP contribution in [0.4, 0.5) is 0 Å². The second kappa shape index (κ2) is 10.9. The molecule has 9 heteroatoms. The maximum Gasteiger partial charge on any atom is 0.333 e. The maximum atomic E-state index is 11.8. The third kappa shape index (κ3) is 13.0. The first kappa shape index (κ1) is 25.7. The lowest BCUT2D eigenvalue weighted by atomic mass is 10.2. The molecule has 0 saturated heterocycles. The Morgan fingerprint density at radius 3 is 1.96 bits per heavy atom. The maximum absolute atomic E-state index is 11.8. The minimum absolute atomic E-state index is 0.195. The molecule has 0 bridgehead atoms. The van der Waals surface area contributed by atoms with Crippen molar-refractivity contribution >= 4 is 31.2 Å². The van der Waals surface area contributed by atoms with Crippen molar-refractivity contribution in [3.05, 3.63) is 11.6 Å². The number of rotatable bonds is 12. The van der Waals surface area contributed by atoms with Gasteiger partial charge in [0, 0.05) is 5.57 Å². The third-order valence-electron chi connectivity index (χ3n) is 3.27. The van der Waals surface area contributed by atoms with Crippen LogP contribution in [0.25, 0.3) is 0 Å². The summed E-state index contributed by atoms with van der Waals surface area (Å²) in [5.74, 6) is -0.464. The topological polar surface area (TPSA) is 85.2 Å². The van der Waals surface area contributed by atoms with E-state index in [1.54, 1.807) is 6.92 Å². The van der Waals surface area contributed by atoms with Gasteiger partial charge in [-0.3, -0.25) is 0 Å². The van der Waals surface area contributed by atoms with Crippen molar-refractivity contribution in [3.8, 4) is 0 Å². The van der Waals surface area contributed by atoms with Gasteiger partial charge in [0.15, 0.2) is 16.6 Å². The lowest BCUT2D eigenvalue weighted by Gasteiger charge is -2.38. The number of aliphatic hydroxyl groups is 2. The molecule has 0 aromatic rings. The van der Waals surface area contributed by atoms with Crippen LogP contribution in [0, 0.1) is 0 Å². The van der Waals surface area contributed by atoms with Crippen molar-refractivity contribution in [1.82, 2.24) is 0 Å². The smallest absolute Gasteiger partial charge is 0.333 e. The lowest BCUT2D eigenvalue weighted by molar-refractivity contribution is -0.142. The molecule has 26 heavy (non-hydrogen) atoms. The number of allylic oxidation sites excluding steroid dienone is 1. The monoisotopic (exact) mass is 422 g/mol. The number of carbonyl (C=O) groups is 1. The minimum Gasteiger partial charge on any atom is -0.459 e. The van der Waals surface area contributed by atoms with Gasteiger partial charge in [-0.2, -0.15) is 0 Å². The van der Waals surface area contributed by atoms with Crippen molar-refractivity contribution < 1.29 is 28.0 Å². The molecule has 0 aromatic heterocycles. The van der Waals surface area contributed by atoms with Gasteiger partial charge in [-0.1, -0.05) is 6.08 Å². The van der Waals surface area contributed by atoms with Crippen molar-refractivity contribution in [2.24, 2.45) is 0 Å². The molecule has 154 valence electrons. The molecule has 0 saturated carbocycles. The number of carbonyl (C=O) groups excluding carboxylic acids is 1. The summed E-state index contributed by atoms with van der Waals surface area (Å²) in [6, 6.07) is 0.892. The fraction of sp³-hybridized carbons (Fsp3) is 0.824. The summed E-state index contributed by atoms with van der Waals surface area (Å²) in [5, 5.41) is 17.9. The first-order valence-corrected chi connectivity index (χ1v) is 18.5. The first-order chi connectivity index (χ1) is 11.7. The van der Waals surface area contributed by atoms with E-state index in [9.17, 15) is 9.90 Å². The third-order valence-corrected chi connectivity index (χ3v) is 12.9. The summed E-state index contributed by atoms with van der Waals surface area (Å²) < 4.78 is 17.9. The predicted molar refractivity (Wildman–Crippen MR) is 112 cm³/mol. The van der Waals surface area contributed by atoms with E-state index < -0.39 is 43.9 Å². The summed E-state index contributed by atoms with van der Waals surface area (Å²) in [6.45, 7) is 16.4. The van der Waals surface area contributed by atoms with Crippen LogP contribution in [0.2, 0.25) is 51.9 Å². The molecule has 0 aliphatic rings. The molecule has 0 aromatic carbocycles. The standard InChI is InChI=1S/C17H38O6Si3/c1-15(17(20)21-14-16(19)13-18)11-9-10-12-26(8,22-24(2,3)4)23-25(5,6)7/h11,16,18-19H,9-10,12-14H2,1-8H3. The van der Waals surface area contributed by atoms with Gasteiger partial charge in [-0.05, 0) is 71.6 Å². The zero-order valence-corrected chi connectivity index (χ0v) is 20.7. The fourth-order valence-electron chi connectivity index (χ4n) is 2.58. The molecule has 0 aliphatic carbocycles. The highest BCUT2D eigenvalue weighted by Gasteiger charge is 2.39. The Labute approximate surface area is 162 Å². The number of hydrogen-bond donors (Lipinski definition) is 2. The SMILES string of the molecule is CC(=CCCC[Si](C)(O[Si](C)(C)C)O[Si](C)(C)C)C(=O)OCC(O)CO. The second-order valence-corrected chi connectivity index (χ2v) is 21.6. The number of hydrogen-bond acceptors (Lipinski definition) is 6. The highest BCUT2D eigenvalue weighted by molar-refractivity contribution is 6.87. The molecule has 0 rings (SSSR count). The molecule has 0 fully saturated rings. The van der Waals surface area contributed by atoms with Gasteiger partial charge < -0.3 is 23.2 Å².